The van der Waals surface area contributed by atoms with Crippen LogP contribution in [0.2, 0.25) is 0 Å². The van der Waals surface area contributed by atoms with Crippen LogP contribution in [-0.2, 0) is 23.1 Å². The fraction of sp³-hybridized carbons (Fsp3) is 0.609. The second-order valence-corrected chi connectivity index (χ2v) is 8.81. The van der Waals surface area contributed by atoms with Crippen molar-refractivity contribution in [3.8, 4) is 5.75 Å². The Kier molecular flexibility index (Phi) is 5.57. The highest BCUT2D eigenvalue weighted by atomic mass is 16.5. The zero-order valence-electron chi connectivity index (χ0n) is 17.2. The van der Waals surface area contributed by atoms with Crippen LogP contribution in [0.4, 0.5) is 0 Å². The van der Waals surface area contributed by atoms with E-state index in [-0.39, 0.29) is 0 Å². The number of hydrogen-bond acceptors (Lipinski definition) is 5. The molecule has 0 radical (unpaired) electrons. The zero-order chi connectivity index (χ0) is 19.5. The van der Waals surface area contributed by atoms with Crippen molar-refractivity contribution in [1.29, 1.82) is 0 Å². The van der Waals surface area contributed by atoms with Crippen LogP contribution in [0.15, 0.2) is 30.5 Å². The topological polar surface area (TPSA) is 53.6 Å². The first-order chi connectivity index (χ1) is 14.3. The molecular weight excluding hydrogens is 364 g/mol. The van der Waals surface area contributed by atoms with Gasteiger partial charge in [-0.1, -0.05) is 12.1 Å². The van der Waals surface area contributed by atoms with Gasteiger partial charge in [-0.3, -0.25) is 14.9 Å². The van der Waals surface area contributed by atoms with Crippen molar-refractivity contribution in [2.24, 2.45) is 0 Å². The summed E-state index contributed by atoms with van der Waals surface area (Å²) in [4.78, 5) is 5.02. The minimum absolute atomic E-state index is 0.298. The number of aromatic nitrogens is 2. The molecule has 0 saturated carbocycles. The van der Waals surface area contributed by atoms with E-state index in [9.17, 15) is 0 Å². The minimum atomic E-state index is 0.298. The van der Waals surface area contributed by atoms with Crippen LogP contribution in [0.3, 0.4) is 0 Å². The van der Waals surface area contributed by atoms with Gasteiger partial charge in [0.15, 0.2) is 0 Å². The van der Waals surface area contributed by atoms with E-state index in [4.69, 9.17) is 9.47 Å². The van der Waals surface area contributed by atoms with Crippen molar-refractivity contribution in [1.82, 2.24) is 20.0 Å². The lowest BCUT2D eigenvalue weighted by Crippen LogP contribution is -2.44. The molecule has 3 aliphatic rings. The van der Waals surface area contributed by atoms with Crippen LogP contribution in [0.5, 0.6) is 5.75 Å². The summed E-state index contributed by atoms with van der Waals surface area (Å²) in [5.41, 5.74) is 4.51. The number of morpholine rings is 1. The molecule has 2 aromatic rings. The lowest BCUT2D eigenvalue weighted by molar-refractivity contribution is 0.0322. The predicted octanol–water partition coefficient (Wildman–Crippen LogP) is 2.60. The maximum Gasteiger partial charge on any atom is 0.119 e. The Labute approximate surface area is 173 Å². The minimum Gasteiger partial charge on any atom is -0.492 e. The number of aromatic amines is 1. The van der Waals surface area contributed by atoms with Gasteiger partial charge in [-0.15, -0.1) is 0 Å². The fourth-order valence-electron chi connectivity index (χ4n) is 5.30. The maximum absolute atomic E-state index is 5.95. The lowest BCUT2D eigenvalue weighted by atomic mass is 9.77. The highest BCUT2D eigenvalue weighted by Gasteiger charge is 2.43. The fourth-order valence-corrected chi connectivity index (χ4v) is 5.30. The molecule has 1 aliphatic carbocycles. The van der Waals surface area contributed by atoms with Crippen LogP contribution in [-0.4, -0.2) is 72.5 Å². The summed E-state index contributed by atoms with van der Waals surface area (Å²) < 4.78 is 11.3. The smallest absolute Gasteiger partial charge is 0.119 e. The summed E-state index contributed by atoms with van der Waals surface area (Å²) in [5.74, 6) is 0.968. The molecule has 2 aliphatic heterocycles. The maximum atomic E-state index is 5.95. The molecule has 5 rings (SSSR count). The van der Waals surface area contributed by atoms with Crippen LogP contribution in [0.25, 0.3) is 0 Å². The predicted molar refractivity (Wildman–Crippen MR) is 112 cm³/mol. The van der Waals surface area contributed by atoms with E-state index in [2.05, 4.69) is 44.3 Å². The van der Waals surface area contributed by atoms with E-state index in [1.54, 1.807) is 0 Å². The standard InChI is InChI=1S/C23H32N4O2/c1-7-23(8-6-20-16-24-25-22(20)23)18-27(9-1)17-19-2-4-21(5-3-19)29-15-12-26-10-13-28-14-11-26/h2-5,16H,1,6-15,17-18H2,(H,24,25). The highest BCUT2D eigenvalue weighted by Crippen LogP contribution is 2.44. The van der Waals surface area contributed by atoms with Gasteiger partial charge in [-0.25, -0.2) is 0 Å². The largest absolute Gasteiger partial charge is 0.492 e. The molecule has 29 heavy (non-hydrogen) atoms. The summed E-state index contributed by atoms with van der Waals surface area (Å²) in [7, 11) is 0. The second kappa shape index (κ2) is 8.46. The number of aryl methyl sites for hydroxylation is 1. The summed E-state index contributed by atoms with van der Waals surface area (Å²) in [6.07, 6.45) is 7.02. The second-order valence-electron chi connectivity index (χ2n) is 8.81. The van der Waals surface area contributed by atoms with Crippen LogP contribution in [0.1, 0.15) is 36.1 Å². The quantitative estimate of drug-likeness (QED) is 0.813. The Bertz CT molecular complexity index is 799. The van der Waals surface area contributed by atoms with E-state index in [0.29, 0.717) is 5.41 Å². The zero-order valence-corrected chi connectivity index (χ0v) is 17.2. The van der Waals surface area contributed by atoms with Gasteiger partial charge in [0.25, 0.3) is 0 Å². The van der Waals surface area contributed by atoms with Crippen molar-refractivity contribution in [2.45, 2.75) is 37.6 Å². The number of fused-ring (bicyclic) bond motifs is 2. The van der Waals surface area contributed by atoms with Gasteiger partial charge in [0.2, 0.25) is 0 Å². The van der Waals surface area contributed by atoms with E-state index in [0.717, 1.165) is 58.3 Å². The van der Waals surface area contributed by atoms with E-state index >= 15 is 0 Å². The first-order valence-electron chi connectivity index (χ1n) is 11.1. The molecule has 1 spiro atoms. The summed E-state index contributed by atoms with van der Waals surface area (Å²) in [5, 5.41) is 7.61. The molecule has 1 N–H and O–H groups in total. The molecular formula is C23H32N4O2. The Balaban J connectivity index is 1.13. The molecule has 6 nitrogen and oxygen atoms in total. The molecule has 2 saturated heterocycles. The Morgan fingerprint density at radius 3 is 2.79 bits per heavy atom. The summed E-state index contributed by atoms with van der Waals surface area (Å²) in [6, 6.07) is 8.69. The number of nitrogens with one attached hydrogen (secondary N) is 1. The molecule has 1 aromatic heterocycles. The Hall–Kier alpha value is -1.89. The number of benzene rings is 1. The third kappa shape index (κ3) is 4.20. The normalized spacial score (nSPS) is 25.4. The third-order valence-corrected chi connectivity index (χ3v) is 6.89. The lowest BCUT2D eigenvalue weighted by Gasteiger charge is -2.40. The first-order valence-corrected chi connectivity index (χ1v) is 11.1. The van der Waals surface area contributed by atoms with E-state index in [1.165, 1.54) is 49.0 Å². The number of ether oxygens (including phenoxy) is 2. The number of likely N-dealkylation sites (tertiary alicyclic amines) is 1. The van der Waals surface area contributed by atoms with Crippen molar-refractivity contribution in [3.05, 3.63) is 47.3 Å². The molecule has 0 amide bonds. The first kappa shape index (κ1) is 19.1. The number of piperidine rings is 1. The van der Waals surface area contributed by atoms with Crippen molar-refractivity contribution >= 4 is 0 Å². The number of rotatable bonds is 6. The van der Waals surface area contributed by atoms with Crippen LogP contribution < -0.4 is 4.74 Å². The van der Waals surface area contributed by atoms with Crippen molar-refractivity contribution < 1.29 is 9.47 Å². The number of H-pyrrole nitrogens is 1. The molecule has 0 bridgehead atoms. The van der Waals surface area contributed by atoms with E-state index < -0.39 is 0 Å². The molecule has 1 atom stereocenters. The Morgan fingerprint density at radius 1 is 1.07 bits per heavy atom. The van der Waals surface area contributed by atoms with Gasteiger partial charge in [0.05, 0.1) is 19.4 Å². The van der Waals surface area contributed by atoms with Gasteiger partial charge >= 0.3 is 0 Å². The SMILES string of the molecule is c1cc(OCCN2CCOCC2)ccc1CN1CCCC2(CCc3cn[nH]c32)C1. The average Bonchev–Trinajstić information content (AvgIpc) is 3.35. The highest BCUT2D eigenvalue weighted by molar-refractivity contribution is 5.33. The van der Waals surface area contributed by atoms with Gasteiger partial charge in [-0.2, -0.15) is 5.10 Å². The summed E-state index contributed by atoms with van der Waals surface area (Å²) in [6.45, 7) is 8.75. The number of nitrogens with zero attached hydrogens (tertiary/aromatic N) is 3. The molecule has 156 valence electrons. The molecule has 3 heterocycles. The van der Waals surface area contributed by atoms with Crippen molar-refractivity contribution in [2.75, 3.05) is 52.5 Å². The van der Waals surface area contributed by atoms with Gasteiger partial charge in [0, 0.05) is 43.8 Å². The van der Waals surface area contributed by atoms with Crippen molar-refractivity contribution in [3.63, 3.8) is 0 Å². The Morgan fingerprint density at radius 2 is 1.93 bits per heavy atom. The molecule has 2 fully saturated rings. The van der Waals surface area contributed by atoms with Gasteiger partial charge in [-0.05, 0) is 55.5 Å². The van der Waals surface area contributed by atoms with Crippen LogP contribution >= 0.6 is 0 Å². The van der Waals surface area contributed by atoms with E-state index in [1.807, 2.05) is 6.20 Å². The molecule has 1 unspecified atom stereocenters. The molecule has 1 aromatic carbocycles. The monoisotopic (exact) mass is 396 g/mol. The summed E-state index contributed by atoms with van der Waals surface area (Å²) >= 11 is 0. The van der Waals surface area contributed by atoms with Gasteiger partial charge < -0.3 is 9.47 Å². The average molecular weight is 397 g/mol. The third-order valence-electron chi connectivity index (χ3n) is 6.89. The molecule has 6 heteroatoms. The van der Waals surface area contributed by atoms with Crippen LogP contribution in [0, 0.1) is 0 Å². The number of hydrogen-bond donors (Lipinski definition) is 1. The van der Waals surface area contributed by atoms with Gasteiger partial charge in [0.1, 0.15) is 12.4 Å².